The number of nitro benzene ring substituents is 1. The number of nitro groups is 1. The van der Waals surface area contributed by atoms with Gasteiger partial charge in [0, 0.05) is 36.6 Å². The summed E-state index contributed by atoms with van der Waals surface area (Å²) in [6.45, 7) is 2.60. The number of imidazole rings is 1. The first-order chi connectivity index (χ1) is 13.3. The zero-order valence-corrected chi connectivity index (χ0v) is 16.0. The summed E-state index contributed by atoms with van der Waals surface area (Å²) in [5.74, 6) is -0.394. The van der Waals surface area contributed by atoms with E-state index in [1.165, 1.54) is 24.3 Å². The van der Waals surface area contributed by atoms with E-state index in [2.05, 4.69) is 10.3 Å². The number of aromatic nitrogens is 2. The van der Waals surface area contributed by atoms with Gasteiger partial charge in [0.1, 0.15) is 11.6 Å². The maximum absolute atomic E-state index is 12.5. The van der Waals surface area contributed by atoms with Crippen molar-refractivity contribution in [3.63, 3.8) is 0 Å². The van der Waals surface area contributed by atoms with Crippen molar-refractivity contribution in [1.82, 2.24) is 9.55 Å². The highest BCUT2D eigenvalue weighted by Gasteiger charge is 2.19. The number of phenolic OH excluding ortho intramolecular Hbond substituents is 1. The van der Waals surface area contributed by atoms with Gasteiger partial charge in [-0.05, 0) is 25.1 Å². The van der Waals surface area contributed by atoms with Crippen molar-refractivity contribution >= 4 is 40.5 Å². The Labute approximate surface area is 169 Å². The number of non-ortho nitro benzene ring substituents is 1. The highest BCUT2D eigenvalue weighted by Crippen LogP contribution is 2.34. The zero-order valence-electron chi connectivity index (χ0n) is 14.5. The van der Waals surface area contributed by atoms with E-state index in [0.717, 1.165) is 6.07 Å². The lowest BCUT2D eigenvalue weighted by molar-refractivity contribution is -0.384. The number of aryl methyl sites for hydroxylation is 1. The predicted molar refractivity (Wildman–Crippen MR) is 106 cm³/mol. The summed E-state index contributed by atoms with van der Waals surface area (Å²) in [7, 11) is 0. The molecule has 1 heterocycles. The molecule has 0 radical (unpaired) electrons. The highest BCUT2D eigenvalue weighted by molar-refractivity contribution is 6.35. The lowest BCUT2D eigenvalue weighted by atomic mass is 10.1. The average Bonchev–Trinajstić information content (AvgIpc) is 3.13. The molecule has 0 aliphatic carbocycles. The molecule has 0 aliphatic heterocycles. The minimum Gasteiger partial charge on any atom is -0.507 e. The van der Waals surface area contributed by atoms with Crippen LogP contribution in [0.3, 0.4) is 0 Å². The number of nitrogens with zero attached hydrogens (tertiary/aromatic N) is 3. The van der Waals surface area contributed by atoms with E-state index in [1.807, 2.05) is 11.5 Å². The summed E-state index contributed by atoms with van der Waals surface area (Å²) < 4.78 is 1.84. The predicted octanol–water partition coefficient (Wildman–Crippen LogP) is 4.74. The Morgan fingerprint density at radius 3 is 2.68 bits per heavy atom. The van der Waals surface area contributed by atoms with Crippen LogP contribution in [0.25, 0.3) is 11.4 Å². The van der Waals surface area contributed by atoms with Crippen LogP contribution in [-0.4, -0.2) is 25.5 Å². The second kappa shape index (κ2) is 7.87. The van der Waals surface area contributed by atoms with Crippen LogP contribution in [0.5, 0.6) is 5.75 Å². The minimum absolute atomic E-state index is 0.00488. The van der Waals surface area contributed by atoms with Crippen LogP contribution in [0.1, 0.15) is 17.3 Å². The fraction of sp³-hybridized carbons (Fsp3) is 0.111. The van der Waals surface area contributed by atoms with Crippen molar-refractivity contribution < 1.29 is 14.8 Å². The fourth-order valence-corrected chi connectivity index (χ4v) is 3.10. The summed E-state index contributed by atoms with van der Waals surface area (Å²) in [5.41, 5.74) is 0.372. The molecule has 0 bridgehead atoms. The molecule has 1 amide bonds. The van der Waals surface area contributed by atoms with Crippen LogP contribution in [0.4, 0.5) is 11.4 Å². The molecule has 10 heteroatoms. The van der Waals surface area contributed by atoms with Gasteiger partial charge in [-0.2, -0.15) is 0 Å². The number of rotatable bonds is 5. The third-order valence-electron chi connectivity index (χ3n) is 4.04. The van der Waals surface area contributed by atoms with Crippen LogP contribution in [0, 0.1) is 10.1 Å². The maximum atomic E-state index is 12.5. The van der Waals surface area contributed by atoms with E-state index in [1.54, 1.807) is 12.4 Å². The number of benzene rings is 2. The molecule has 0 spiro atoms. The van der Waals surface area contributed by atoms with Gasteiger partial charge in [0.15, 0.2) is 0 Å². The lowest BCUT2D eigenvalue weighted by Gasteiger charge is -2.12. The third-order valence-corrected chi connectivity index (χ3v) is 4.66. The van der Waals surface area contributed by atoms with E-state index < -0.39 is 10.8 Å². The second-order valence-electron chi connectivity index (χ2n) is 5.76. The molecule has 2 aromatic carbocycles. The van der Waals surface area contributed by atoms with E-state index in [0.29, 0.717) is 17.9 Å². The monoisotopic (exact) mass is 420 g/mol. The number of hydrogen-bond donors (Lipinski definition) is 2. The molecule has 0 saturated carbocycles. The smallest absolute Gasteiger partial charge is 0.271 e. The lowest BCUT2D eigenvalue weighted by Crippen LogP contribution is -2.13. The van der Waals surface area contributed by atoms with Crippen LogP contribution in [0.15, 0.2) is 42.7 Å². The van der Waals surface area contributed by atoms with Crippen molar-refractivity contribution in [2.45, 2.75) is 13.5 Å². The van der Waals surface area contributed by atoms with Gasteiger partial charge in [-0.1, -0.05) is 23.2 Å². The van der Waals surface area contributed by atoms with Gasteiger partial charge in [-0.25, -0.2) is 4.98 Å². The molecular formula is C18H14Cl2N4O4. The third kappa shape index (κ3) is 3.78. The first-order valence-corrected chi connectivity index (χ1v) is 8.86. The van der Waals surface area contributed by atoms with E-state index >= 15 is 0 Å². The Morgan fingerprint density at radius 1 is 1.29 bits per heavy atom. The first-order valence-electron chi connectivity index (χ1n) is 8.11. The number of carbonyl (C=O) groups excluding carboxylic acids is 1. The van der Waals surface area contributed by atoms with E-state index in [4.69, 9.17) is 23.2 Å². The number of nitrogens with one attached hydrogen (secondary N) is 1. The number of aromatic hydroxyl groups is 1. The number of hydrogen-bond acceptors (Lipinski definition) is 5. The highest BCUT2D eigenvalue weighted by atomic mass is 35.5. The van der Waals surface area contributed by atoms with Crippen LogP contribution in [0.2, 0.25) is 10.0 Å². The topological polar surface area (TPSA) is 110 Å². The number of amides is 1. The molecule has 3 rings (SSSR count). The molecule has 8 nitrogen and oxygen atoms in total. The van der Waals surface area contributed by atoms with Crippen LogP contribution < -0.4 is 5.32 Å². The molecule has 144 valence electrons. The molecule has 28 heavy (non-hydrogen) atoms. The van der Waals surface area contributed by atoms with Gasteiger partial charge in [0.05, 0.1) is 26.2 Å². The van der Waals surface area contributed by atoms with E-state index in [-0.39, 0.29) is 32.7 Å². The number of halogens is 2. The molecule has 0 fully saturated rings. The summed E-state index contributed by atoms with van der Waals surface area (Å²) in [6.07, 6.45) is 3.39. The fourth-order valence-electron chi connectivity index (χ4n) is 2.63. The van der Waals surface area contributed by atoms with Crippen LogP contribution in [-0.2, 0) is 6.54 Å². The summed E-state index contributed by atoms with van der Waals surface area (Å²) in [5, 5.41) is 23.8. The maximum Gasteiger partial charge on any atom is 0.271 e. The molecule has 0 saturated heterocycles. The Kier molecular flexibility index (Phi) is 5.53. The molecule has 2 N–H and O–H groups in total. The Hall–Kier alpha value is -3.10. The standard InChI is InChI=1S/C18H14Cl2N4O4/c1-2-23-6-5-21-17(23)11-9-16(25)12(8-13(11)19)18(26)22-15-4-3-10(24(27)28)7-14(15)20/h3-9,25H,2H2,1H3,(H,22,26). The average molecular weight is 421 g/mol. The van der Waals surface area contributed by atoms with Crippen molar-refractivity contribution in [2.75, 3.05) is 5.32 Å². The number of phenols is 1. The molecular weight excluding hydrogens is 407 g/mol. The Morgan fingerprint density at radius 2 is 2.04 bits per heavy atom. The van der Waals surface area contributed by atoms with Gasteiger partial charge in [0.2, 0.25) is 0 Å². The van der Waals surface area contributed by atoms with Gasteiger partial charge in [-0.15, -0.1) is 0 Å². The van der Waals surface area contributed by atoms with Gasteiger partial charge in [0.25, 0.3) is 11.6 Å². The second-order valence-corrected chi connectivity index (χ2v) is 6.58. The van der Waals surface area contributed by atoms with Crippen molar-refractivity contribution in [2.24, 2.45) is 0 Å². The van der Waals surface area contributed by atoms with Crippen molar-refractivity contribution in [3.05, 3.63) is 68.4 Å². The summed E-state index contributed by atoms with van der Waals surface area (Å²) in [4.78, 5) is 26.9. The quantitative estimate of drug-likeness (QED) is 0.457. The van der Waals surface area contributed by atoms with Crippen LogP contribution >= 0.6 is 23.2 Å². The summed E-state index contributed by atoms with van der Waals surface area (Å²) in [6, 6.07) is 6.34. The first kappa shape index (κ1) is 19.7. The van der Waals surface area contributed by atoms with Gasteiger partial charge >= 0.3 is 0 Å². The minimum atomic E-state index is -0.666. The molecule has 0 aliphatic rings. The Bertz CT molecular complexity index is 1080. The SMILES string of the molecule is CCn1ccnc1-c1cc(O)c(C(=O)Nc2ccc([N+](=O)[O-])cc2Cl)cc1Cl. The molecule has 0 unspecified atom stereocenters. The van der Waals surface area contributed by atoms with Gasteiger partial charge < -0.3 is 15.0 Å². The van der Waals surface area contributed by atoms with Crippen molar-refractivity contribution in [1.29, 1.82) is 0 Å². The molecule has 0 atom stereocenters. The number of anilines is 1. The van der Waals surface area contributed by atoms with Crippen molar-refractivity contribution in [3.8, 4) is 17.1 Å². The van der Waals surface area contributed by atoms with Gasteiger partial charge in [-0.3, -0.25) is 14.9 Å². The normalized spacial score (nSPS) is 10.7. The summed E-state index contributed by atoms with van der Waals surface area (Å²) >= 11 is 12.3. The molecule has 1 aromatic heterocycles. The number of carbonyl (C=O) groups is 1. The molecule has 3 aromatic rings. The van der Waals surface area contributed by atoms with E-state index in [9.17, 15) is 20.0 Å². The zero-order chi connectivity index (χ0) is 20.4. The Balaban J connectivity index is 1.91. The largest absolute Gasteiger partial charge is 0.507 e.